The van der Waals surface area contributed by atoms with Gasteiger partial charge in [0.25, 0.3) is 0 Å². The Balaban J connectivity index is 2.08. The normalized spacial score (nSPS) is 18.6. The van der Waals surface area contributed by atoms with Crippen molar-refractivity contribution in [1.29, 1.82) is 0 Å². The van der Waals surface area contributed by atoms with Gasteiger partial charge in [0.05, 0.1) is 0 Å². The van der Waals surface area contributed by atoms with Crippen molar-refractivity contribution in [2.24, 2.45) is 5.41 Å². The van der Waals surface area contributed by atoms with E-state index in [1.165, 1.54) is 37.8 Å². The molecule has 1 nitrogen and oxygen atoms in total. The smallest absolute Gasteiger partial charge is 0.0162 e. The lowest BCUT2D eigenvalue weighted by Gasteiger charge is -2.15. The molecule has 0 spiro atoms. The summed E-state index contributed by atoms with van der Waals surface area (Å²) in [5, 5.41) is 3.52. The summed E-state index contributed by atoms with van der Waals surface area (Å²) < 4.78 is 0. The van der Waals surface area contributed by atoms with Crippen LogP contribution in [0.4, 0.5) is 0 Å². The Morgan fingerprint density at radius 2 is 2.08 bits per heavy atom. The molecule has 1 heteroatoms. The molecule has 0 unspecified atom stereocenters. The Bertz CT molecular complexity index is 168. The van der Waals surface area contributed by atoms with Crippen LogP contribution < -0.4 is 5.32 Å². The van der Waals surface area contributed by atoms with E-state index in [9.17, 15) is 0 Å². The topological polar surface area (TPSA) is 12.0 Å². The van der Waals surface area contributed by atoms with Crippen molar-refractivity contribution < 1.29 is 0 Å². The second-order valence-electron chi connectivity index (χ2n) is 4.46. The maximum Gasteiger partial charge on any atom is 0.0162 e. The average molecular weight is 181 g/mol. The van der Waals surface area contributed by atoms with Crippen molar-refractivity contribution in [2.75, 3.05) is 13.1 Å². The first-order chi connectivity index (χ1) is 6.22. The van der Waals surface area contributed by atoms with E-state index in [2.05, 4.69) is 25.7 Å². The van der Waals surface area contributed by atoms with E-state index in [0.717, 1.165) is 13.0 Å². The molecule has 1 aliphatic rings. The van der Waals surface area contributed by atoms with Crippen molar-refractivity contribution in [2.45, 2.75) is 46.0 Å². The third-order valence-electron chi connectivity index (χ3n) is 3.11. The zero-order valence-electron chi connectivity index (χ0n) is 9.16. The van der Waals surface area contributed by atoms with Crippen LogP contribution in [0.25, 0.3) is 0 Å². The molecule has 76 valence electrons. The van der Waals surface area contributed by atoms with E-state index in [1.807, 2.05) is 0 Å². The van der Waals surface area contributed by atoms with Crippen molar-refractivity contribution >= 4 is 0 Å². The lowest BCUT2D eigenvalue weighted by molar-refractivity contribution is 0.428. The summed E-state index contributed by atoms with van der Waals surface area (Å²) in [6, 6.07) is 0. The molecule has 0 aliphatic heterocycles. The van der Waals surface area contributed by atoms with Crippen LogP contribution in [0.15, 0.2) is 12.2 Å². The molecule has 1 rings (SSSR count). The maximum absolute atomic E-state index is 4.00. The van der Waals surface area contributed by atoms with Crippen molar-refractivity contribution in [3.05, 3.63) is 12.2 Å². The fraction of sp³-hybridized carbons (Fsp3) is 0.833. The lowest BCUT2D eigenvalue weighted by atomic mass is 10.0. The molecule has 0 aromatic rings. The van der Waals surface area contributed by atoms with E-state index in [4.69, 9.17) is 0 Å². The quantitative estimate of drug-likeness (QED) is 0.595. The van der Waals surface area contributed by atoms with Crippen molar-refractivity contribution in [3.63, 3.8) is 0 Å². The fourth-order valence-electron chi connectivity index (χ4n) is 1.85. The summed E-state index contributed by atoms with van der Waals surface area (Å²) in [5.41, 5.74) is 2.01. The van der Waals surface area contributed by atoms with Gasteiger partial charge in [0.1, 0.15) is 0 Å². The second-order valence-corrected chi connectivity index (χ2v) is 4.46. The highest BCUT2D eigenvalue weighted by Crippen LogP contribution is 2.48. The van der Waals surface area contributed by atoms with Gasteiger partial charge in [0.2, 0.25) is 0 Å². The van der Waals surface area contributed by atoms with Crippen LogP contribution in [0.3, 0.4) is 0 Å². The summed E-state index contributed by atoms with van der Waals surface area (Å²) in [4.78, 5) is 0. The largest absolute Gasteiger partial charge is 0.312 e. The van der Waals surface area contributed by atoms with Crippen LogP contribution in [0.1, 0.15) is 46.0 Å². The minimum atomic E-state index is 0.683. The van der Waals surface area contributed by atoms with E-state index in [0.29, 0.717) is 5.41 Å². The third-order valence-corrected chi connectivity index (χ3v) is 3.11. The highest BCUT2D eigenvalue weighted by molar-refractivity contribution is 4.99. The van der Waals surface area contributed by atoms with Crippen LogP contribution in [-0.2, 0) is 0 Å². The predicted molar refractivity (Wildman–Crippen MR) is 58.9 cm³/mol. The first-order valence-corrected chi connectivity index (χ1v) is 5.60. The van der Waals surface area contributed by atoms with Crippen molar-refractivity contribution in [1.82, 2.24) is 5.32 Å². The van der Waals surface area contributed by atoms with E-state index < -0.39 is 0 Å². The van der Waals surface area contributed by atoms with E-state index in [-0.39, 0.29) is 0 Å². The van der Waals surface area contributed by atoms with Gasteiger partial charge in [-0.2, -0.15) is 0 Å². The Labute approximate surface area is 82.6 Å². The van der Waals surface area contributed by atoms with Crippen molar-refractivity contribution in [3.8, 4) is 0 Å². The van der Waals surface area contributed by atoms with Gasteiger partial charge in [-0.05, 0) is 31.1 Å². The Kier molecular flexibility index (Phi) is 3.98. The molecule has 1 aliphatic carbocycles. The summed E-state index contributed by atoms with van der Waals surface area (Å²) >= 11 is 0. The molecule has 1 N–H and O–H groups in total. The minimum Gasteiger partial charge on any atom is -0.312 e. The van der Waals surface area contributed by atoms with Crippen LogP contribution in [-0.4, -0.2) is 13.1 Å². The standard InChI is InChI=1S/C12H23N/c1-4-6-12(7-8-12)10-13-9-11(3)5-2/h13H,3-10H2,1-2H3. The molecule has 0 bridgehead atoms. The first kappa shape index (κ1) is 10.8. The molecule has 0 amide bonds. The monoisotopic (exact) mass is 181 g/mol. The number of hydrogen-bond acceptors (Lipinski definition) is 1. The zero-order valence-corrected chi connectivity index (χ0v) is 9.16. The van der Waals surface area contributed by atoms with Gasteiger partial charge < -0.3 is 5.32 Å². The predicted octanol–water partition coefficient (Wildman–Crippen LogP) is 3.12. The number of hydrogen-bond donors (Lipinski definition) is 1. The molecular weight excluding hydrogens is 158 g/mol. The Morgan fingerprint density at radius 3 is 2.54 bits per heavy atom. The summed E-state index contributed by atoms with van der Waals surface area (Å²) in [7, 11) is 0. The molecule has 13 heavy (non-hydrogen) atoms. The maximum atomic E-state index is 4.00. The van der Waals surface area contributed by atoms with Gasteiger partial charge in [-0.1, -0.05) is 32.4 Å². The van der Waals surface area contributed by atoms with Gasteiger partial charge in [0.15, 0.2) is 0 Å². The molecule has 0 atom stereocenters. The van der Waals surface area contributed by atoms with Gasteiger partial charge in [-0.25, -0.2) is 0 Å². The van der Waals surface area contributed by atoms with Crippen LogP contribution in [0, 0.1) is 5.41 Å². The molecule has 0 radical (unpaired) electrons. The highest BCUT2D eigenvalue weighted by Gasteiger charge is 2.40. The SMILES string of the molecule is C=C(CC)CNCC1(CCC)CC1. The molecule has 1 saturated carbocycles. The zero-order chi connectivity index (χ0) is 9.73. The summed E-state index contributed by atoms with van der Waals surface area (Å²) in [5.74, 6) is 0. The highest BCUT2D eigenvalue weighted by atomic mass is 14.9. The summed E-state index contributed by atoms with van der Waals surface area (Å²) in [6.07, 6.45) is 6.71. The van der Waals surface area contributed by atoms with Gasteiger partial charge in [-0.15, -0.1) is 0 Å². The molecule has 0 heterocycles. The molecule has 0 saturated heterocycles. The number of rotatable bonds is 7. The van der Waals surface area contributed by atoms with E-state index in [1.54, 1.807) is 0 Å². The lowest BCUT2D eigenvalue weighted by Crippen LogP contribution is -2.25. The average Bonchev–Trinajstić information content (AvgIpc) is 2.86. The van der Waals surface area contributed by atoms with Crippen LogP contribution >= 0.6 is 0 Å². The Hall–Kier alpha value is -0.300. The Morgan fingerprint density at radius 1 is 1.38 bits per heavy atom. The molecular formula is C12H23N. The summed E-state index contributed by atoms with van der Waals surface area (Å²) in [6.45, 7) is 10.7. The van der Waals surface area contributed by atoms with Gasteiger partial charge >= 0.3 is 0 Å². The molecule has 1 fully saturated rings. The molecule has 0 aromatic carbocycles. The number of nitrogens with one attached hydrogen (secondary N) is 1. The molecule has 0 aromatic heterocycles. The third kappa shape index (κ3) is 3.51. The van der Waals surface area contributed by atoms with E-state index >= 15 is 0 Å². The van der Waals surface area contributed by atoms with Gasteiger partial charge in [0, 0.05) is 13.1 Å². The van der Waals surface area contributed by atoms with Crippen LogP contribution in [0.2, 0.25) is 0 Å². The minimum absolute atomic E-state index is 0.683. The fourth-order valence-corrected chi connectivity index (χ4v) is 1.85. The first-order valence-electron chi connectivity index (χ1n) is 5.60. The second kappa shape index (κ2) is 4.80. The van der Waals surface area contributed by atoms with Crippen LogP contribution in [0.5, 0.6) is 0 Å². The van der Waals surface area contributed by atoms with Gasteiger partial charge in [-0.3, -0.25) is 0 Å².